The zero-order valence-electron chi connectivity index (χ0n) is 11.2. The third kappa shape index (κ3) is 4.95. The molecular weight excluding hydrogens is 264 g/mol. The molecule has 0 atom stereocenters. The Morgan fingerprint density at radius 2 is 2.11 bits per heavy atom. The molecule has 4 heteroatoms. The van der Waals surface area contributed by atoms with Gasteiger partial charge in [0.2, 0.25) is 0 Å². The molecule has 19 heavy (non-hydrogen) atoms. The largest absolute Gasteiger partial charge is 0.493 e. The summed E-state index contributed by atoms with van der Waals surface area (Å²) in [5, 5.41) is 9.17. The van der Waals surface area contributed by atoms with Crippen molar-refractivity contribution in [2.75, 3.05) is 6.61 Å². The number of benzene rings is 1. The molecule has 1 aromatic carbocycles. The Morgan fingerprint density at radius 1 is 1.42 bits per heavy atom. The molecule has 0 bridgehead atoms. The normalized spacial score (nSPS) is 11.2. The first-order valence-electron chi connectivity index (χ1n) is 6.40. The van der Waals surface area contributed by atoms with Crippen LogP contribution in [0.2, 0.25) is 5.02 Å². The van der Waals surface area contributed by atoms with E-state index < -0.39 is 5.97 Å². The molecular formula is C15H19ClO3. The fourth-order valence-electron chi connectivity index (χ4n) is 1.69. The molecule has 0 heterocycles. The van der Waals surface area contributed by atoms with Crippen molar-refractivity contribution in [1.29, 1.82) is 0 Å². The average molecular weight is 283 g/mol. The lowest BCUT2D eigenvalue weighted by Gasteiger charge is -2.15. The molecule has 1 rings (SSSR count). The Labute approximate surface area is 118 Å². The van der Waals surface area contributed by atoms with E-state index in [0.29, 0.717) is 28.9 Å². The number of carboxylic acids is 1. The van der Waals surface area contributed by atoms with E-state index in [-0.39, 0.29) is 0 Å². The Hall–Kier alpha value is -1.48. The van der Waals surface area contributed by atoms with Crippen LogP contribution >= 0.6 is 11.6 Å². The Kier molecular flexibility index (Phi) is 6.43. The second-order valence-electron chi connectivity index (χ2n) is 4.32. The summed E-state index contributed by atoms with van der Waals surface area (Å²) < 4.78 is 5.77. The van der Waals surface area contributed by atoms with Crippen LogP contribution in [-0.2, 0) is 4.79 Å². The molecule has 0 spiro atoms. The summed E-state index contributed by atoms with van der Waals surface area (Å²) >= 11 is 6.07. The van der Waals surface area contributed by atoms with Gasteiger partial charge in [-0.15, -0.1) is 0 Å². The van der Waals surface area contributed by atoms with Crippen molar-refractivity contribution >= 4 is 23.6 Å². The van der Waals surface area contributed by atoms with Crippen LogP contribution in [0.4, 0.5) is 0 Å². The minimum Gasteiger partial charge on any atom is -0.493 e. The zero-order valence-corrected chi connectivity index (χ0v) is 12.0. The van der Waals surface area contributed by atoms with E-state index in [1.807, 2.05) is 0 Å². The molecule has 0 aliphatic heterocycles. The summed E-state index contributed by atoms with van der Waals surface area (Å²) in [6, 6.07) is 5.31. The molecule has 0 saturated heterocycles. The van der Waals surface area contributed by atoms with Crippen LogP contribution in [0.5, 0.6) is 5.75 Å². The number of hydrogen-bond acceptors (Lipinski definition) is 2. The summed E-state index contributed by atoms with van der Waals surface area (Å²) in [6.45, 7) is 4.86. The van der Waals surface area contributed by atoms with Gasteiger partial charge in [-0.05, 0) is 24.1 Å². The maximum atomic E-state index is 10.6. The van der Waals surface area contributed by atoms with Gasteiger partial charge in [0.05, 0.1) is 11.6 Å². The summed E-state index contributed by atoms with van der Waals surface area (Å²) in [5.74, 6) is 0.109. The number of ether oxygens (including phenoxy) is 1. The number of hydrogen-bond donors (Lipinski definition) is 1. The van der Waals surface area contributed by atoms with E-state index in [4.69, 9.17) is 21.4 Å². The van der Waals surface area contributed by atoms with Crippen molar-refractivity contribution in [2.24, 2.45) is 5.92 Å². The molecule has 0 fully saturated rings. The van der Waals surface area contributed by atoms with Crippen molar-refractivity contribution in [3.8, 4) is 5.75 Å². The average Bonchev–Trinajstić information content (AvgIpc) is 2.38. The maximum Gasteiger partial charge on any atom is 0.328 e. The molecule has 0 aromatic heterocycles. The molecule has 104 valence electrons. The van der Waals surface area contributed by atoms with Gasteiger partial charge in [0.15, 0.2) is 0 Å². The number of carboxylic acid groups (broad SMARTS) is 1. The van der Waals surface area contributed by atoms with Gasteiger partial charge in [-0.3, -0.25) is 0 Å². The van der Waals surface area contributed by atoms with Crippen LogP contribution in [0.1, 0.15) is 32.3 Å². The third-order valence-corrected chi connectivity index (χ3v) is 3.36. The summed E-state index contributed by atoms with van der Waals surface area (Å²) in [6.07, 6.45) is 4.63. The molecule has 3 nitrogen and oxygen atoms in total. The van der Waals surface area contributed by atoms with Crippen LogP contribution in [0, 0.1) is 5.92 Å². The molecule has 1 N–H and O–H groups in total. The van der Waals surface area contributed by atoms with Crippen molar-refractivity contribution in [2.45, 2.75) is 26.7 Å². The highest BCUT2D eigenvalue weighted by molar-refractivity contribution is 6.32. The minimum atomic E-state index is -1.01. The monoisotopic (exact) mass is 282 g/mol. The lowest BCUT2D eigenvalue weighted by molar-refractivity contribution is -0.131. The zero-order chi connectivity index (χ0) is 14.3. The van der Waals surface area contributed by atoms with Gasteiger partial charge < -0.3 is 9.84 Å². The van der Waals surface area contributed by atoms with Gasteiger partial charge >= 0.3 is 5.97 Å². The Morgan fingerprint density at radius 3 is 2.68 bits per heavy atom. The van der Waals surface area contributed by atoms with Crippen molar-refractivity contribution in [3.63, 3.8) is 0 Å². The van der Waals surface area contributed by atoms with Gasteiger partial charge in [-0.2, -0.15) is 0 Å². The smallest absolute Gasteiger partial charge is 0.328 e. The lowest BCUT2D eigenvalue weighted by atomic mass is 10.1. The fourth-order valence-corrected chi connectivity index (χ4v) is 1.92. The molecule has 0 aliphatic rings. The SMILES string of the molecule is CCC(CC)COc1cccc(Cl)c1/C=C/C(=O)O. The molecule has 1 aromatic rings. The second-order valence-corrected chi connectivity index (χ2v) is 4.72. The fraction of sp³-hybridized carbons (Fsp3) is 0.400. The van der Waals surface area contributed by atoms with Gasteiger partial charge in [-0.1, -0.05) is 44.4 Å². The second kappa shape index (κ2) is 7.85. The first-order chi connectivity index (χ1) is 9.08. The molecule has 0 amide bonds. The van der Waals surface area contributed by atoms with Crippen LogP contribution in [0.25, 0.3) is 6.08 Å². The quantitative estimate of drug-likeness (QED) is 0.760. The predicted octanol–water partition coefficient (Wildman–Crippen LogP) is 4.25. The predicted molar refractivity (Wildman–Crippen MR) is 77.7 cm³/mol. The number of rotatable bonds is 7. The maximum absolute atomic E-state index is 10.6. The van der Waals surface area contributed by atoms with Crippen LogP contribution in [-0.4, -0.2) is 17.7 Å². The van der Waals surface area contributed by atoms with Crippen LogP contribution < -0.4 is 4.74 Å². The standard InChI is InChI=1S/C15H19ClO3/c1-3-11(4-2)10-19-14-7-5-6-13(16)12(14)8-9-15(17)18/h5-9,11H,3-4,10H2,1-2H3,(H,17,18)/b9-8+. The topological polar surface area (TPSA) is 46.5 Å². The van der Waals surface area contributed by atoms with Gasteiger partial charge in [0.25, 0.3) is 0 Å². The van der Waals surface area contributed by atoms with Crippen molar-refractivity contribution in [1.82, 2.24) is 0 Å². The minimum absolute atomic E-state index is 0.486. The van der Waals surface area contributed by atoms with Crippen LogP contribution in [0.15, 0.2) is 24.3 Å². The van der Waals surface area contributed by atoms with E-state index >= 15 is 0 Å². The van der Waals surface area contributed by atoms with Crippen molar-refractivity contribution < 1.29 is 14.6 Å². The number of halogens is 1. The molecule has 0 unspecified atom stereocenters. The first-order valence-corrected chi connectivity index (χ1v) is 6.78. The van der Waals surface area contributed by atoms with Crippen molar-refractivity contribution in [3.05, 3.63) is 34.9 Å². The Balaban J connectivity index is 2.88. The highest BCUT2D eigenvalue weighted by Crippen LogP contribution is 2.28. The van der Waals surface area contributed by atoms with E-state index in [0.717, 1.165) is 18.9 Å². The molecule has 0 saturated carbocycles. The van der Waals surface area contributed by atoms with Gasteiger partial charge in [0, 0.05) is 11.6 Å². The molecule has 0 aliphatic carbocycles. The highest BCUT2D eigenvalue weighted by Gasteiger charge is 2.09. The van der Waals surface area contributed by atoms with E-state index in [1.54, 1.807) is 18.2 Å². The number of aliphatic carboxylic acids is 1. The summed E-state index contributed by atoms with van der Waals surface area (Å²) in [4.78, 5) is 10.6. The summed E-state index contributed by atoms with van der Waals surface area (Å²) in [7, 11) is 0. The van der Waals surface area contributed by atoms with E-state index in [9.17, 15) is 4.79 Å². The lowest BCUT2D eigenvalue weighted by Crippen LogP contribution is -2.10. The number of carbonyl (C=O) groups is 1. The first kappa shape index (κ1) is 15.6. The molecule has 0 radical (unpaired) electrons. The summed E-state index contributed by atoms with van der Waals surface area (Å²) in [5.41, 5.74) is 0.609. The van der Waals surface area contributed by atoms with E-state index in [2.05, 4.69) is 13.8 Å². The van der Waals surface area contributed by atoms with E-state index in [1.165, 1.54) is 6.08 Å². The van der Waals surface area contributed by atoms with Crippen LogP contribution in [0.3, 0.4) is 0 Å². The Bertz CT molecular complexity index is 451. The van der Waals surface area contributed by atoms with Gasteiger partial charge in [-0.25, -0.2) is 4.79 Å². The third-order valence-electron chi connectivity index (χ3n) is 3.03. The highest BCUT2D eigenvalue weighted by atomic mass is 35.5. The van der Waals surface area contributed by atoms with Gasteiger partial charge in [0.1, 0.15) is 5.75 Å².